The smallest absolute Gasteiger partial charge is 0.254 e. The van der Waals surface area contributed by atoms with E-state index in [9.17, 15) is 4.79 Å². The van der Waals surface area contributed by atoms with Crippen LogP contribution in [0.4, 0.5) is 0 Å². The standard InChI is InChI=1S/C15H14Cl2N2OS/c16-10-6-5-9(12(17)7-10)8-21-15-18-13-4-2-1-3-11(13)14(20)19-15/h5-7H,1-4,8H2,(H,18,19,20). The van der Waals surface area contributed by atoms with Gasteiger partial charge < -0.3 is 4.98 Å². The van der Waals surface area contributed by atoms with Gasteiger partial charge >= 0.3 is 0 Å². The molecule has 0 amide bonds. The predicted octanol–water partition coefficient (Wildman–Crippen LogP) is 4.25. The molecule has 0 atom stereocenters. The van der Waals surface area contributed by atoms with Crippen molar-refractivity contribution in [2.45, 2.75) is 36.6 Å². The molecule has 0 fully saturated rings. The fourth-order valence-corrected chi connectivity index (χ4v) is 3.87. The summed E-state index contributed by atoms with van der Waals surface area (Å²) in [5.74, 6) is 0.651. The molecule has 0 aliphatic heterocycles. The van der Waals surface area contributed by atoms with Gasteiger partial charge in [-0.15, -0.1) is 0 Å². The average molecular weight is 341 g/mol. The molecule has 1 heterocycles. The number of aryl methyl sites for hydroxylation is 1. The molecule has 2 aromatic rings. The second-order valence-electron chi connectivity index (χ2n) is 5.03. The number of rotatable bonds is 3. The van der Waals surface area contributed by atoms with E-state index in [1.165, 1.54) is 11.8 Å². The lowest BCUT2D eigenvalue weighted by Crippen LogP contribution is -2.21. The van der Waals surface area contributed by atoms with Crippen LogP contribution in [0.1, 0.15) is 29.7 Å². The molecular formula is C15H14Cl2N2OS. The van der Waals surface area contributed by atoms with Gasteiger partial charge in [-0.3, -0.25) is 4.79 Å². The van der Waals surface area contributed by atoms with E-state index < -0.39 is 0 Å². The summed E-state index contributed by atoms with van der Waals surface area (Å²) in [7, 11) is 0. The fourth-order valence-electron chi connectivity index (χ4n) is 2.43. The van der Waals surface area contributed by atoms with Crippen molar-refractivity contribution in [2.75, 3.05) is 0 Å². The zero-order valence-electron chi connectivity index (χ0n) is 11.3. The highest BCUT2D eigenvalue weighted by atomic mass is 35.5. The Balaban J connectivity index is 1.79. The van der Waals surface area contributed by atoms with Crippen molar-refractivity contribution >= 4 is 35.0 Å². The SMILES string of the molecule is O=c1[nH]c(SCc2ccc(Cl)cc2Cl)nc2c1CCCC2. The Morgan fingerprint density at radius 2 is 2.05 bits per heavy atom. The number of nitrogens with zero attached hydrogens (tertiary/aromatic N) is 1. The van der Waals surface area contributed by atoms with Gasteiger partial charge in [0.15, 0.2) is 5.16 Å². The number of hydrogen-bond donors (Lipinski definition) is 1. The third-order valence-electron chi connectivity index (χ3n) is 3.55. The van der Waals surface area contributed by atoms with Crippen LogP contribution in [0.15, 0.2) is 28.2 Å². The Morgan fingerprint density at radius 1 is 1.24 bits per heavy atom. The first-order valence-corrected chi connectivity index (χ1v) is 8.56. The minimum atomic E-state index is 0.00408. The molecule has 1 aromatic heterocycles. The number of aromatic nitrogens is 2. The van der Waals surface area contributed by atoms with Crippen LogP contribution in [0.25, 0.3) is 0 Å². The van der Waals surface area contributed by atoms with Crippen LogP contribution in [-0.4, -0.2) is 9.97 Å². The Kier molecular flexibility index (Phi) is 4.57. The van der Waals surface area contributed by atoms with Crippen LogP contribution in [-0.2, 0) is 18.6 Å². The van der Waals surface area contributed by atoms with Gasteiger partial charge in [0.2, 0.25) is 0 Å². The third-order valence-corrected chi connectivity index (χ3v) is 5.06. The number of nitrogens with one attached hydrogen (secondary N) is 1. The first kappa shape index (κ1) is 14.9. The molecular weight excluding hydrogens is 327 g/mol. The maximum atomic E-state index is 12.1. The summed E-state index contributed by atoms with van der Waals surface area (Å²) < 4.78 is 0. The van der Waals surface area contributed by atoms with E-state index in [2.05, 4.69) is 9.97 Å². The van der Waals surface area contributed by atoms with Crippen molar-refractivity contribution in [1.29, 1.82) is 0 Å². The topological polar surface area (TPSA) is 45.8 Å². The summed E-state index contributed by atoms with van der Waals surface area (Å²) in [4.78, 5) is 19.5. The fraction of sp³-hybridized carbons (Fsp3) is 0.333. The molecule has 1 aliphatic carbocycles. The van der Waals surface area contributed by atoms with Gasteiger partial charge in [0.25, 0.3) is 5.56 Å². The normalized spacial score (nSPS) is 14.0. The number of benzene rings is 1. The van der Waals surface area contributed by atoms with Gasteiger partial charge in [0.05, 0.1) is 5.69 Å². The maximum Gasteiger partial charge on any atom is 0.254 e. The van der Waals surface area contributed by atoms with E-state index in [1.54, 1.807) is 6.07 Å². The van der Waals surface area contributed by atoms with Gasteiger partial charge in [0, 0.05) is 21.4 Å². The molecule has 0 spiro atoms. The first-order chi connectivity index (χ1) is 10.1. The van der Waals surface area contributed by atoms with Crippen LogP contribution in [0.2, 0.25) is 10.0 Å². The Morgan fingerprint density at radius 3 is 2.86 bits per heavy atom. The molecule has 3 nitrogen and oxygen atoms in total. The van der Waals surface area contributed by atoms with Crippen molar-refractivity contribution in [2.24, 2.45) is 0 Å². The summed E-state index contributed by atoms with van der Waals surface area (Å²) in [6.45, 7) is 0. The Labute approximate surface area is 137 Å². The lowest BCUT2D eigenvalue weighted by Gasteiger charge is -2.14. The second kappa shape index (κ2) is 6.42. The number of hydrogen-bond acceptors (Lipinski definition) is 3. The third kappa shape index (κ3) is 3.44. The van der Waals surface area contributed by atoms with Crippen LogP contribution >= 0.6 is 35.0 Å². The molecule has 0 bridgehead atoms. The van der Waals surface area contributed by atoms with Crippen LogP contribution < -0.4 is 5.56 Å². The van der Waals surface area contributed by atoms with Crippen molar-refractivity contribution in [3.05, 3.63) is 55.4 Å². The van der Waals surface area contributed by atoms with Gasteiger partial charge in [0.1, 0.15) is 0 Å². The minimum Gasteiger partial charge on any atom is -0.301 e. The monoisotopic (exact) mass is 340 g/mol. The molecule has 0 saturated carbocycles. The molecule has 1 N–H and O–H groups in total. The summed E-state index contributed by atoms with van der Waals surface area (Å²) in [5.41, 5.74) is 2.79. The Bertz CT molecular complexity index is 730. The first-order valence-electron chi connectivity index (χ1n) is 6.82. The molecule has 21 heavy (non-hydrogen) atoms. The summed E-state index contributed by atoms with van der Waals surface area (Å²) in [6.07, 6.45) is 3.92. The predicted molar refractivity (Wildman–Crippen MR) is 87.5 cm³/mol. The lowest BCUT2D eigenvalue weighted by molar-refractivity contribution is 0.641. The van der Waals surface area contributed by atoms with Crippen LogP contribution in [0.5, 0.6) is 0 Å². The number of halogens is 2. The van der Waals surface area contributed by atoms with Crippen molar-refractivity contribution < 1.29 is 0 Å². The highest BCUT2D eigenvalue weighted by molar-refractivity contribution is 7.98. The maximum absolute atomic E-state index is 12.1. The van der Waals surface area contributed by atoms with E-state index in [4.69, 9.17) is 23.2 Å². The van der Waals surface area contributed by atoms with E-state index in [0.29, 0.717) is 21.0 Å². The zero-order valence-corrected chi connectivity index (χ0v) is 13.6. The largest absolute Gasteiger partial charge is 0.301 e. The minimum absolute atomic E-state index is 0.00408. The second-order valence-corrected chi connectivity index (χ2v) is 6.84. The zero-order chi connectivity index (χ0) is 14.8. The lowest BCUT2D eigenvalue weighted by atomic mass is 9.97. The van der Waals surface area contributed by atoms with Gasteiger partial charge in [-0.25, -0.2) is 4.98 Å². The van der Waals surface area contributed by atoms with Crippen LogP contribution in [0, 0.1) is 0 Å². The van der Waals surface area contributed by atoms with Gasteiger partial charge in [-0.05, 0) is 43.4 Å². The van der Waals surface area contributed by atoms with Crippen LogP contribution in [0.3, 0.4) is 0 Å². The number of H-pyrrole nitrogens is 1. The number of aromatic amines is 1. The summed E-state index contributed by atoms with van der Waals surface area (Å²) in [5, 5.41) is 1.91. The van der Waals surface area contributed by atoms with Gasteiger partial charge in [-0.2, -0.15) is 0 Å². The molecule has 110 valence electrons. The van der Waals surface area contributed by atoms with E-state index in [0.717, 1.165) is 42.5 Å². The van der Waals surface area contributed by atoms with E-state index >= 15 is 0 Å². The number of fused-ring (bicyclic) bond motifs is 1. The number of thioether (sulfide) groups is 1. The summed E-state index contributed by atoms with van der Waals surface area (Å²) in [6, 6.07) is 5.43. The molecule has 3 rings (SSSR count). The average Bonchev–Trinajstić information content (AvgIpc) is 2.46. The molecule has 1 aliphatic rings. The van der Waals surface area contributed by atoms with E-state index in [1.807, 2.05) is 12.1 Å². The Hall–Kier alpha value is -0.970. The summed E-state index contributed by atoms with van der Waals surface area (Å²) >= 11 is 13.5. The quantitative estimate of drug-likeness (QED) is 0.671. The van der Waals surface area contributed by atoms with E-state index in [-0.39, 0.29) is 5.56 Å². The molecule has 6 heteroatoms. The van der Waals surface area contributed by atoms with Crippen molar-refractivity contribution in [3.63, 3.8) is 0 Å². The molecule has 0 saturated heterocycles. The highest BCUT2D eigenvalue weighted by Gasteiger charge is 2.15. The van der Waals surface area contributed by atoms with Gasteiger partial charge in [-0.1, -0.05) is 41.0 Å². The van der Waals surface area contributed by atoms with Crippen molar-refractivity contribution in [3.8, 4) is 0 Å². The molecule has 0 radical (unpaired) electrons. The molecule has 1 aromatic carbocycles. The van der Waals surface area contributed by atoms with Crippen molar-refractivity contribution in [1.82, 2.24) is 9.97 Å². The molecule has 0 unspecified atom stereocenters. The highest BCUT2D eigenvalue weighted by Crippen LogP contribution is 2.27.